The van der Waals surface area contributed by atoms with Gasteiger partial charge in [-0.25, -0.2) is 0 Å². The Morgan fingerprint density at radius 1 is 1.30 bits per heavy atom. The van der Waals surface area contributed by atoms with Crippen molar-refractivity contribution in [2.24, 2.45) is 5.92 Å². The number of hydrogen-bond acceptors (Lipinski definition) is 3. The molecule has 3 heteroatoms. The van der Waals surface area contributed by atoms with E-state index >= 15 is 0 Å². The first kappa shape index (κ1) is 17.2. The SMILES string of the molecule is COCCNCCC(C)(O)c1cccc(CC(C)C)c1. The molecule has 1 rings (SSSR count). The van der Waals surface area contributed by atoms with Gasteiger partial charge in [-0.3, -0.25) is 0 Å². The van der Waals surface area contributed by atoms with Crippen LogP contribution in [0.2, 0.25) is 0 Å². The molecule has 0 aliphatic heterocycles. The van der Waals surface area contributed by atoms with Crippen molar-refractivity contribution < 1.29 is 9.84 Å². The maximum Gasteiger partial charge on any atom is 0.0880 e. The Balaban J connectivity index is 2.57. The van der Waals surface area contributed by atoms with E-state index in [0.29, 0.717) is 18.9 Å². The van der Waals surface area contributed by atoms with Crippen molar-refractivity contribution in [2.75, 3.05) is 26.8 Å². The Kier molecular flexibility index (Phi) is 7.20. The highest BCUT2D eigenvalue weighted by Gasteiger charge is 2.22. The van der Waals surface area contributed by atoms with Crippen LogP contribution < -0.4 is 5.32 Å². The fourth-order valence-corrected chi connectivity index (χ4v) is 2.28. The van der Waals surface area contributed by atoms with Crippen LogP contribution in [0.3, 0.4) is 0 Å². The second-order valence-electron chi connectivity index (χ2n) is 6.07. The summed E-state index contributed by atoms with van der Waals surface area (Å²) in [4.78, 5) is 0. The van der Waals surface area contributed by atoms with Gasteiger partial charge >= 0.3 is 0 Å². The van der Waals surface area contributed by atoms with Crippen LogP contribution >= 0.6 is 0 Å². The molecule has 0 heterocycles. The van der Waals surface area contributed by atoms with Gasteiger partial charge in [-0.05, 0) is 43.4 Å². The van der Waals surface area contributed by atoms with Gasteiger partial charge in [-0.1, -0.05) is 38.1 Å². The topological polar surface area (TPSA) is 41.5 Å². The van der Waals surface area contributed by atoms with Crippen LogP contribution in [0.5, 0.6) is 0 Å². The Hall–Kier alpha value is -0.900. The van der Waals surface area contributed by atoms with Crippen LogP contribution in [0.1, 0.15) is 38.3 Å². The predicted molar refractivity (Wildman–Crippen MR) is 83.9 cm³/mol. The molecule has 1 unspecified atom stereocenters. The molecule has 0 aliphatic carbocycles. The minimum Gasteiger partial charge on any atom is -0.385 e. The average molecular weight is 279 g/mol. The largest absolute Gasteiger partial charge is 0.385 e. The number of aliphatic hydroxyl groups is 1. The van der Waals surface area contributed by atoms with E-state index in [9.17, 15) is 5.11 Å². The maximum atomic E-state index is 10.6. The molecule has 0 saturated heterocycles. The van der Waals surface area contributed by atoms with E-state index in [4.69, 9.17) is 4.74 Å². The first-order valence-electron chi connectivity index (χ1n) is 7.47. The zero-order valence-electron chi connectivity index (χ0n) is 13.3. The third kappa shape index (κ3) is 6.04. The molecule has 3 nitrogen and oxygen atoms in total. The van der Waals surface area contributed by atoms with Gasteiger partial charge in [0.05, 0.1) is 12.2 Å². The van der Waals surface area contributed by atoms with Crippen molar-refractivity contribution in [3.8, 4) is 0 Å². The van der Waals surface area contributed by atoms with Crippen LogP contribution in [-0.4, -0.2) is 31.9 Å². The highest BCUT2D eigenvalue weighted by atomic mass is 16.5. The monoisotopic (exact) mass is 279 g/mol. The fraction of sp³-hybridized carbons (Fsp3) is 0.647. The Labute approximate surface area is 123 Å². The first-order chi connectivity index (χ1) is 9.45. The van der Waals surface area contributed by atoms with Crippen LogP contribution in [0.15, 0.2) is 24.3 Å². The zero-order valence-corrected chi connectivity index (χ0v) is 13.3. The minimum absolute atomic E-state index is 0.630. The van der Waals surface area contributed by atoms with Gasteiger partial charge in [0.25, 0.3) is 0 Å². The molecule has 1 atom stereocenters. The molecule has 0 amide bonds. The van der Waals surface area contributed by atoms with Crippen molar-refractivity contribution in [3.05, 3.63) is 35.4 Å². The molecular weight excluding hydrogens is 250 g/mol. The third-order valence-corrected chi connectivity index (χ3v) is 3.46. The molecule has 0 saturated carbocycles. The summed E-state index contributed by atoms with van der Waals surface area (Å²) in [5, 5.41) is 13.9. The molecule has 0 bridgehead atoms. The lowest BCUT2D eigenvalue weighted by Gasteiger charge is -2.25. The molecule has 0 fully saturated rings. The van der Waals surface area contributed by atoms with Gasteiger partial charge in [0.1, 0.15) is 0 Å². The van der Waals surface area contributed by atoms with Crippen LogP contribution in [0, 0.1) is 5.92 Å². The fourth-order valence-electron chi connectivity index (χ4n) is 2.28. The van der Waals surface area contributed by atoms with Crippen LogP contribution in [0.4, 0.5) is 0 Å². The summed E-state index contributed by atoms with van der Waals surface area (Å²) in [5.41, 5.74) is 1.52. The molecule has 20 heavy (non-hydrogen) atoms. The van der Waals surface area contributed by atoms with Gasteiger partial charge in [-0.2, -0.15) is 0 Å². The van der Waals surface area contributed by atoms with E-state index in [2.05, 4.69) is 31.3 Å². The number of methoxy groups -OCH3 is 1. The van der Waals surface area contributed by atoms with Gasteiger partial charge in [0.2, 0.25) is 0 Å². The summed E-state index contributed by atoms with van der Waals surface area (Å²) in [5.74, 6) is 0.630. The van der Waals surface area contributed by atoms with Crippen molar-refractivity contribution >= 4 is 0 Å². The predicted octanol–water partition coefficient (Wildman–Crippen LogP) is 2.72. The average Bonchev–Trinajstić information content (AvgIpc) is 2.38. The zero-order chi connectivity index (χ0) is 15.0. The molecule has 2 N–H and O–H groups in total. The second-order valence-corrected chi connectivity index (χ2v) is 6.07. The molecule has 114 valence electrons. The van der Waals surface area contributed by atoms with E-state index in [1.54, 1.807) is 7.11 Å². The highest BCUT2D eigenvalue weighted by Crippen LogP contribution is 2.25. The van der Waals surface area contributed by atoms with Gasteiger partial charge in [0.15, 0.2) is 0 Å². The Bertz CT molecular complexity index is 388. The van der Waals surface area contributed by atoms with E-state index in [1.165, 1.54) is 5.56 Å². The molecule has 0 spiro atoms. The Morgan fingerprint density at radius 3 is 2.70 bits per heavy atom. The summed E-state index contributed by atoms with van der Waals surface area (Å²) in [7, 11) is 1.69. The van der Waals surface area contributed by atoms with Crippen molar-refractivity contribution in [2.45, 2.75) is 39.2 Å². The maximum absolute atomic E-state index is 10.6. The molecule has 0 radical (unpaired) electrons. The van der Waals surface area contributed by atoms with E-state index in [0.717, 1.165) is 25.1 Å². The lowest BCUT2D eigenvalue weighted by Crippen LogP contribution is -2.29. The highest BCUT2D eigenvalue weighted by molar-refractivity contribution is 5.28. The Morgan fingerprint density at radius 2 is 2.05 bits per heavy atom. The van der Waals surface area contributed by atoms with E-state index in [-0.39, 0.29) is 0 Å². The number of benzene rings is 1. The molecular formula is C17H29NO2. The van der Waals surface area contributed by atoms with Crippen molar-refractivity contribution in [1.29, 1.82) is 0 Å². The van der Waals surface area contributed by atoms with Crippen LogP contribution in [0.25, 0.3) is 0 Å². The van der Waals surface area contributed by atoms with Crippen LogP contribution in [-0.2, 0) is 16.8 Å². The lowest BCUT2D eigenvalue weighted by molar-refractivity contribution is 0.0474. The number of ether oxygens (including phenoxy) is 1. The summed E-state index contributed by atoms with van der Waals surface area (Å²) in [6, 6.07) is 8.32. The molecule has 0 aliphatic rings. The van der Waals surface area contributed by atoms with Crippen molar-refractivity contribution in [1.82, 2.24) is 5.32 Å². The number of hydrogen-bond donors (Lipinski definition) is 2. The second kappa shape index (κ2) is 8.40. The van der Waals surface area contributed by atoms with E-state index in [1.807, 2.05) is 19.1 Å². The molecule has 0 aromatic heterocycles. The minimum atomic E-state index is -0.785. The summed E-state index contributed by atoms with van der Waals surface area (Å²) in [6.45, 7) is 8.62. The van der Waals surface area contributed by atoms with Gasteiger partial charge in [0, 0.05) is 13.7 Å². The van der Waals surface area contributed by atoms with Gasteiger partial charge in [-0.15, -0.1) is 0 Å². The third-order valence-electron chi connectivity index (χ3n) is 3.46. The normalized spacial score (nSPS) is 14.5. The first-order valence-corrected chi connectivity index (χ1v) is 7.47. The number of rotatable bonds is 9. The molecule has 1 aromatic rings. The van der Waals surface area contributed by atoms with E-state index < -0.39 is 5.60 Å². The van der Waals surface area contributed by atoms with Crippen molar-refractivity contribution in [3.63, 3.8) is 0 Å². The summed E-state index contributed by atoms with van der Waals surface area (Å²) < 4.78 is 4.99. The smallest absolute Gasteiger partial charge is 0.0880 e. The lowest BCUT2D eigenvalue weighted by atomic mass is 9.90. The van der Waals surface area contributed by atoms with Gasteiger partial charge < -0.3 is 15.2 Å². The summed E-state index contributed by atoms with van der Waals surface area (Å²) >= 11 is 0. The molecule has 1 aromatic carbocycles. The quantitative estimate of drug-likeness (QED) is 0.683. The standard InChI is InChI=1S/C17H29NO2/c1-14(2)12-15-6-5-7-16(13-15)17(3,19)8-9-18-10-11-20-4/h5-7,13-14,18-19H,8-12H2,1-4H3. The summed E-state index contributed by atoms with van der Waals surface area (Å²) in [6.07, 6.45) is 1.75. The number of nitrogens with one attached hydrogen (secondary N) is 1.